The van der Waals surface area contributed by atoms with Gasteiger partial charge in [0.1, 0.15) is 0 Å². The van der Waals surface area contributed by atoms with Crippen molar-refractivity contribution in [2.24, 2.45) is 11.6 Å². The van der Waals surface area contributed by atoms with E-state index < -0.39 is 6.10 Å². The molecule has 3 heterocycles. The minimum atomic E-state index is -0.634. The molecule has 2 aliphatic rings. The van der Waals surface area contributed by atoms with Gasteiger partial charge in [0.15, 0.2) is 0 Å². The Balaban J connectivity index is 1.55. The molecule has 1 atom stereocenters. The monoisotopic (exact) mass is 410 g/mol. The first-order chi connectivity index (χ1) is 13.5. The lowest BCUT2D eigenvalue weighted by Gasteiger charge is -2.44. The van der Waals surface area contributed by atoms with Gasteiger partial charge in [-0.2, -0.15) is 0 Å². The molecule has 0 aromatic carbocycles. The number of thiophene rings is 1. The fourth-order valence-electron chi connectivity index (χ4n) is 4.19. The second-order valence-corrected chi connectivity index (χ2v) is 9.00. The van der Waals surface area contributed by atoms with Crippen LogP contribution in [0.3, 0.4) is 0 Å². The van der Waals surface area contributed by atoms with Crippen LogP contribution in [0, 0.1) is 0 Å². The summed E-state index contributed by atoms with van der Waals surface area (Å²) in [5.74, 6) is 5.92. The van der Waals surface area contributed by atoms with Gasteiger partial charge in [0, 0.05) is 54.8 Å². The minimum Gasteiger partial charge on any atom is -0.400 e. The van der Waals surface area contributed by atoms with Crippen LogP contribution in [0.25, 0.3) is 0 Å². The Morgan fingerprint density at radius 1 is 1.50 bits per heavy atom. The van der Waals surface area contributed by atoms with Crippen LogP contribution >= 0.6 is 11.3 Å². The van der Waals surface area contributed by atoms with Crippen molar-refractivity contribution in [1.82, 2.24) is 9.91 Å². The molecule has 3 rings (SSSR count). The average Bonchev–Trinajstić information content (AvgIpc) is 3.09. The van der Waals surface area contributed by atoms with Gasteiger partial charge in [-0.15, -0.1) is 11.3 Å². The number of hydrazine groups is 1. The molecule has 1 unspecified atom stereocenters. The molecule has 2 aliphatic heterocycles. The number of fused-ring (bicyclic) bond motifs is 2. The molecule has 0 bridgehead atoms. The highest BCUT2D eigenvalue weighted by molar-refractivity contribution is 7.12. The Morgan fingerprint density at radius 3 is 2.93 bits per heavy atom. The van der Waals surface area contributed by atoms with E-state index in [0.29, 0.717) is 12.2 Å². The molecule has 1 saturated heterocycles. The maximum absolute atomic E-state index is 9.75. The highest BCUT2D eigenvalue weighted by Crippen LogP contribution is 2.44. The van der Waals surface area contributed by atoms with Crippen molar-refractivity contribution < 1.29 is 14.6 Å². The third kappa shape index (κ3) is 5.06. The lowest BCUT2D eigenvalue weighted by atomic mass is 9.82. The zero-order valence-electron chi connectivity index (χ0n) is 17.0. The maximum atomic E-state index is 9.75. The first-order valence-electron chi connectivity index (χ1n) is 10.1. The summed E-state index contributed by atoms with van der Waals surface area (Å²) in [6, 6.07) is 2.38. The van der Waals surface area contributed by atoms with Crippen LogP contribution in [0.4, 0.5) is 0 Å². The summed E-state index contributed by atoms with van der Waals surface area (Å²) in [6.07, 6.45) is 5.19. The number of aliphatic hydroxyl groups excluding tert-OH is 1. The molecule has 0 radical (unpaired) electrons. The fraction of sp³-hybridized carbons (Fsp3) is 0.700. The number of nitrogens with two attached hydrogens (primary N) is 2. The highest BCUT2D eigenvalue weighted by Gasteiger charge is 2.41. The Labute approximate surface area is 171 Å². The van der Waals surface area contributed by atoms with E-state index in [1.54, 1.807) is 13.3 Å². The quantitative estimate of drug-likeness (QED) is 0.437. The summed E-state index contributed by atoms with van der Waals surface area (Å²) in [7, 11) is 1.55. The van der Waals surface area contributed by atoms with Crippen molar-refractivity contribution >= 4 is 11.3 Å². The molecule has 5 N–H and O–H groups in total. The van der Waals surface area contributed by atoms with Crippen molar-refractivity contribution in [3.05, 3.63) is 33.3 Å². The van der Waals surface area contributed by atoms with Crippen LogP contribution < -0.4 is 11.6 Å². The van der Waals surface area contributed by atoms with E-state index in [1.165, 1.54) is 20.3 Å². The number of aryl methyl sites for hydroxylation is 1. The SMILES string of the molecule is CCc1cc2c(s1)CCOC21CCN(C/C(N)=C/N(N)CC(O)COC)CC1. The summed E-state index contributed by atoms with van der Waals surface area (Å²) in [6.45, 7) is 6.14. The first kappa shape index (κ1) is 21.5. The Kier molecular flexibility index (Phi) is 7.36. The molecule has 0 saturated carbocycles. The summed E-state index contributed by atoms with van der Waals surface area (Å²) in [4.78, 5) is 5.33. The van der Waals surface area contributed by atoms with E-state index >= 15 is 0 Å². The lowest BCUT2D eigenvalue weighted by Crippen LogP contribution is -2.47. The minimum absolute atomic E-state index is 0.114. The number of nitrogens with zero attached hydrogens (tertiary/aromatic N) is 2. The molecule has 0 amide bonds. The molecular weight excluding hydrogens is 376 g/mol. The average molecular weight is 411 g/mol. The predicted molar refractivity (Wildman–Crippen MR) is 112 cm³/mol. The number of methoxy groups -OCH3 is 1. The van der Waals surface area contributed by atoms with Gasteiger partial charge >= 0.3 is 0 Å². The third-order valence-electron chi connectivity index (χ3n) is 5.59. The molecule has 1 spiro atoms. The van der Waals surface area contributed by atoms with Crippen molar-refractivity contribution in [1.29, 1.82) is 0 Å². The zero-order valence-corrected chi connectivity index (χ0v) is 17.8. The van der Waals surface area contributed by atoms with E-state index in [2.05, 4.69) is 17.9 Å². The molecule has 1 fully saturated rings. The third-order valence-corrected chi connectivity index (χ3v) is 6.93. The van der Waals surface area contributed by atoms with Gasteiger partial charge in [0.05, 0.1) is 31.5 Å². The normalized spacial score (nSPS) is 20.9. The Bertz CT molecular complexity index is 670. The van der Waals surface area contributed by atoms with Gasteiger partial charge in [0.25, 0.3) is 0 Å². The molecule has 8 heteroatoms. The zero-order chi connectivity index (χ0) is 20.1. The number of rotatable bonds is 8. The van der Waals surface area contributed by atoms with E-state index in [4.69, 9.17) is 21.1 Å². The smallest absolute Gasteiger partial charge is 0.0966 e. The lowest BCUT2D eigenvalue weighted by molar-refractivity contribution is -0.0961. The van der Waals surface area contributed by atoms with Gasteiger partial charge in [0.2, 0.25) is 0 Å². The van der Waals surface area contributed by atoms with Crippen LogP contribution in [0.5, 0.6) is 0 Å². The molecule has 28 heavy (non-hydrogen) atoms. The molecule has 1 aromatic heterocycles. The number of piperidine rings is 1. The number of ether oxygens (including phenoxy) is 2. The molecular formula is C20H34N4O3S. The van der Waals surface area contributed by atoms with Crippen molar-refractivity contribution in [2.75, 3.05) is 46.5 Å². The van der Waals surface area contributed by atoms with Gasteiger partial charge < -0.3 is 25.3 Å². The summed E-state index contributed by atoms with van der Waals surface area (Å²) >= 11 is 1.96. The van der Waals surface area contributed by atoms with Gasteiger partial charge in [-0.05, 0) is 30.9 Å². The predicted octanol–water partition coefficient (Wildman–Crippen LogP) is 1.16. The van der Waals surface area contributed by atoms with Crippen LogP contribution in [0.1, 0.15) is 35.1 Å². The highest BCUT2D eigenvalue weighted by atomic mass is 32.1. The van der Waals surface area contributed by atoms with Crippen LogP contribution in [-0.4, -0.2) is 67.6 Å². The van der Waals surface area contributed by atoms with Gasteiger partial charge in [-0.1, -0.05) is 6.92 Å². The van der Waals surface area contributed by atoms with Crippen molar-refractivity contribution in [3.8, 4) is 0 Å². The standard InChI is InChI=1S/C20H34N4O3S/c1-3-17-10-18-19(28-17)4-9-27-20(18)5-7-23(8-6-20)11-15(21)12-24(22)13-16(25)14-26-2/h10,12,16,25H,3-9,11,13-14,21-22H2,1-2H3/b15-12-. The summed E-state index contributed by atoms with van der Waals surface area (Å²) in [5.41, 5.74) is 8.19. The number of likely N-dealkylation sites (tertiary alicyclic amines) is 1. The Hall–Kier alpha value is -1.16. The van der Waals surface area contributed by atoms with Crippen LogP contribution in [-0.2, 0) is 27.9 Å². The van der Waals surface area contributed by atoms with Crippen LogP contribution in [0.2, 0.25) is 0 Å². The number of hydrogen-bond acceptors (Lipinski definition) is 8. The van der Waals surface area contributed by atoms with E-state index in [1.807, 2.05) is 11.3 Å². The fourth-order valence-corrected chi connectivity index (χ4v) is 5.36. The van der Waals surface area contributed by atoms with Crippen LogP contribution in [0.15, 0.2) is 18.0 Å². The second kappa shape index (κ2) is 9.56. The van der Waals surface area contributed by atoms with Gasteiger partial charge in [-0.3, -0.25) is 4.90 Å². The van der Waals surface area contributed by atoms with E-state index in [0.717, 1.165) is 45.4 Å². The molecule has 7 nitrogen and oxygen atoms in total. The first-order valence-corrected chi connectivity index (χ1v) is 10.9. The summed E-state index contributed by atoms with van der Waals surface area (Å²) in [5, 5.41) is 11.2. The maximum Gasteiger partial charge on any atom is 0.0966 e. The molecule has 1 aromatic rings. The largest absolute Gasteiger partial charge is 0.400 e. The second-order valence-electron chi connectivity index (χ2n) is 7.78. The van der Waals surface area contributed by atoms with Crippen molar-refractivity contribution in [3.63, 3.8) is 0 Å². The number of hydrogen-bond donors (Lipinski definition) is 3. The number of aliphatic hydroxyl groups is 1. The summed E-state index contributed by atoms with van der Waals surface area (Å²) < 4.78 is 11.3. The Morgan fingerprint density at radius 2 is 2.25 bits per heavy atom. The van der Waals surface area contributed by atoms with E-state index in [-0.39, 0.29) is 18.8 Å². The topological polar surface area (TPSA) is 97.2 Å². The molecule has 0 aliphatic carbocycles. The van der Waals surface area contributed by atoms with E-state index in [9.17, 15) is 5.11 Å². The van der Waals surface area contributed by atoms with Gasteiger partial charge in [-0.25, -0.2) is 5.84 Å². The molecule has 158 valence electrons. The van der Waals surface area contributed by atoms with Crippen molar-refractivity contribution in [2.45, 2.75) is 44.3 Å².